The highest BCUT2D eigenvalue weighted by molar-refractivity contribution is 5.79. The van der Waals surface area contributed by atoms with Crippen molar-refractivity contribution in [1.82, 2.24) is 15.6 Å². The Bertz CT molecular complexity index is 509. The van der Waals surface area contributed by atoms with Crippen molar-refractivity contribution in [3.8, 4) is 0 Å². The summed E-state index contributed by atoms with van der Waals surface area (Å²) in [7, 11) is 0. The molecule has 0 aromatic carbocycles. The van der Waals surface area contributed by atoms with Gasteiger partial charge < -0.3 is 21.3 Å². The number of carbonyl (C=O) groups is 2. The predicted molar refractivity (Wildman–Crippen MR) is 85.3 cm³/mol. The quantitative estimate of drug-likeness (QED) is 0.672. The lowest BCUT2D eigenvalue weighted by Crippen LogP contribution is -2.42. The molecule has 1 aromatic rings. The monoisotopic (exact) mass is 305 g/mol. The van der Waals surface area contributed by atoms with E-state index in [0.717, 1.165) is 31.7 Å². The van der Waals surface area contributed by atoms with E-state index in [0.29, 0.717) is 18.8 Å². The largest absolute Gasteiger partial charge is 0.397 e. The molecule has 1 aromatic heterocycles. The number of nitrogens with zero attached hydrogens (tertiary/aromatic N) is 2. The van der Waals surface area contributed by atoms with Crippen LogP contribution in [0.5, 0.6) is 0 Å². The minimum atomic E-state index is -0.0847. The van der Waals surface area contributed by atoms with Crippen LogP contribution in [0.2, 0.25) is 0 Å². The standard InChI is InChI=1S/C15H23N5O2/c1-11(21)17-6-7-18-15(22)12-4-8-20(9-5-12)14-3-2-13(16)10-19-14/h2-3,10,12H,4-9,16H2,1H3,(H,17,21)(H,18,22). The molecule has 0 unspecified atom stereocenters. The molecule has 2 rings (SSSR count). The molecule has 0 bridgehead atoms. The number of carbonyl (C=O) groups excluding carboxylic acids is 2. The first-order valence-corrected chi connectivity index (χ1v) is 7.55. The van der Waals surface area contributed by atoms with Crippen LogP contribution in [0.15, 0.2) is 18.3 Å². The van der Waals surface area contributed by atoms with Gasteiger partial charge in [-0.3, -0.25) is 9.59 Å². The molecule has 0 radical (unpaired) electrons. The molecule has 120 valence electrons. The maximum absolute atomic E-state index is 12.1. The van der Waals surface area contributed by atoms with Crippen molar-refractivity contribution < 1.29 is 9.59 Å². The third kappa shape index (κ3) is 4.61. The Morgan fingerprint density at radius 3 is 2.55 bits per heavy atom. The summed E-state index contributed by atoms with van der Waals surface area (Å²) in [5, 5.41) is 5.52. The van der Waals surface area contributed by atoms with E-state index in [1.807, 2.05) is 12.1 Å². The minimum Gasteiger partial charge on any atom is -0.397 e. The van der Waals surface area contributed by atoms with Gasteiger partial charge in [0.1, 0.15) is 5.82 Å². The summed E-state index contributed by atoms with van der Waals surface area (Å²) < 4.78 is 0. The lowest BCUT2D eigenvalue weighted by Gasteiger charge is -2.32. The van der Waals surface area contributed by atoms with E-state index in [4.69, 9.17) is 5.73 Å². The third-order valence-electron chi connectivity index (χ3n) is 3.76. The first-order chi connectivity index (χ1) is 10.6. The molecule has 1 fully saturated rings. The molecule has 0 atom stereocenters. The summed E-state index contributed by atoms with van der Waals surface area (Å²) >= 11 is 0. The molecule has 4 N–H and O–H groups in total. The molecule has 1 aliphatic heterocycles. The van der Waals surface area contributed by atoms with Crippen LogP contribution in [0.25, 0.3) is 0 Å². The molecule has 0 saturated carbocycles. The Labute approximate surface area is 130 Å². The number of piperidine rings is 1. The van der Waals surface area contributed by atoms with Crippen LogP contribution in [0.4, 0.5) is 11.5 Å². The smallest absolute Gasteiger partial charge is 0.223 e. The number of nitrogens with two attached hydrogens (primary N) is 1. The van der Waals surface area contributed by atoms with E-state index in [1.165, 1.54) is 6.92 Å². The van der Waals surface area contributed by atoms with Crippen LogP contribution in [0.3, 0.4) is 0 Å². The normalized spacial score (nSPS) is 15.4. The number of anilines is 2. The number of hydrogen-bond acceptors (Lipinski definition) is 5. The zero-order valence-electron chi connectivity index (χ0n) is 12.8. The van der Waals surface area contributed by atoms with Crippen molar-refractivity contribution in [1.29, 1.82) is 0 Å². The Morgan fingerprint density at radius 1 is 1.27 bits per heavy atom. The third-order valence-corrected chi connectivity index (χ3v) is 3.76. The molecule has 0 spiro atoms. The summed E-state index contributed by atoms with van der Waals surface area (Å²) in [4.78, 5) is 29.3. The van der Waals surface area contributed by atoms with E-state index < -0.39 is 0 Å². The molecular formula is C15H23N5O2. The van der Waals surface area contributed by atoms with E-state index >= 15 is 0 Å². The second-order valence-corrected chi connectivity index (χ2v) is 5.49. The van der Waals surface area contributed by atoms with Crippen molar-refractivity contribution in [3.05, 3.63) is 18.3 Å². The molecule has 1 aliphatic rings. The van der Waals surface area contributed by atoms with Crippen LogP contribution in [-0.4, -0.2) is 43.0 Å². The molecule has 0 aliphatic carbocycles. The highest BCUT2D eigenvalue weighted by Crippen LogP contribution is 2.22. The van der Waals surface area contributed by atoms with Crippen LogP contribution in [0, 0.1) is 5.92 Å². The van der Waals surface area contributed by atoms with Gasteiger partial charge in [-0.2, -0.15) is 0 Å². The number of nitrogen functional groups attached to an aromatic ring is 1. The average molecular weight is 305 g/mol. The van der Waals surface area contributed by atoms with Gasteiger partial charge in [-0.05, 0) is 25.0 Å². The fourth-order valence-corrected chi connectivity index (χ4v) is 2.52. The molecule has 1 saturated heterocycles. The lowest BCUT2D eigenvalue weighted by molar-refractivity contribution is -0.126. The second kappa shape index (κ2) is 7.63. The van der Waals surface area contributed by atoms with Crippen molar-refractivity contribution in [2.24, 2.45) is 5.92 Å². The molecule has 22 heavy (non-hydrogen) atoms. The van der Waals surface area contributed by atoms with Crippen molar-refractivity contribution in [2.75, 3.05) is 36.8 Å². The SMILES string of the molecule is CC(=O)NCCNC(=O)C1CCN(c2ccc(N)cn2)CC1. The molecular weight excluding hydrogens is 282 g/mol. The van der Waals surface area contributed by atoms with Gasteiger partial charge in [-0.1, -0.05) is 0 Å². The van der Waals surface area contributed by atoms with Crippen LogP contribution >= 0.6 is 0 Å². The topological polar surface area (TPSA) is 100 Å². The summed E-state index contributed by atoms with van der Waals surface area (Å²) in [6.07, 6.45) is 3.26. The van der Waals surface area contributed by atoms with Gasteiger partial charge in [0, 0.05) is 39.0 Å². The molecule has 2 heterocycles. The van der Waals surface area contributed by atoms with Crippen molar-refractivity contribution >= 4 is 23.3 Å². The van der Waals surface area contributed by atoms with Crippen LogP contribution in [0.1, 0.15) is 19.8 Å². The highest BCUT2D eigenvalue weighted by Gasteiger charge is 2.25. The van der Waals surface area contributed by atoms with Gasteiger partial charge in [0.2, 0.25) is 11.8 Å². The summed E-state index contributed by atoms with van der Waals surface area (Å²) in [6.45, 7) is 4.01. The van der Waals surface area contributed by atoms with Crippen molar-refractivity contribution in [3.63, 3.8) is 0 Å². The van der Waals surface area contributed by atoms with E-state index in [-0.39, 0.29) is 17.7 Å². The lowest BCUT2D eigenvalue weighted by atomic mass is 9.96. The fraction of sp³-hybridized carbons (Fsp3) is 0.533. The van der Waals surface area contributed by atoms with Gasteiger partial charge in [-0.15, -0.1) is 0 Å². The maximum Gasteiger partial charge on any atom is 0.223 e. The predicted octanol–water partition coefficient (Wildman–Crippen LogP) is 0.133. The summed E-state index contributed by atoms with van der Waals surface area (Å²) in [5.41, 5.74) is 6.28. The van der Waals surface area contributed by atoms with Crippen LogP contribution < -0.4 is 21.3 Å². The van der Waals surface area contributed by atoms with Gasteiger partial charge >= 0.3 is 0 Å². The zero-order chi connectivity index (χ0) is 15.9. The van der Waals surface area contributed by atoms with E-state index in [1.54, 1.807) is 6.20 Å². The Hall–Kier alpha value is -2.31. The number of pyridine rings is 1. The zero-order valence-corrected chi connectivity index (χ0v) is 12.8. The summed E-state index contributed by atoms with van der Waals surface area (Å²) in [6, 6.07) is 3.74. The van der Waals surface area contributed by atoms with Gasteiger partial charge in [-0.25, -0.2) is 4.98 Å². The van der Waals surface area contributed by atoms with Gasteiger partial charge in [0.25, 0.3) is 0 Å². The first kappa shape index (κ1) is 16.1. The maximum atomic E-state index is 12.1. The number of aromatic nitrogens is 1. The Kier molecular flexibility index (Phi) is 5.57. The van der Waals surface area contributed by atoms with Crippen molar-refractivity contribution in [2.45, 2.75) is 19.8 Å². The fourth-order valence-electron chi connectivity index (χ4n) is 2.52. The molecule has 7 nitrogen and oxygen atoms in total. The van der Waals surface area contributed by atoms with Crippen LogP contribution in [-0.2, 0) is 9.59 Å². The van der Waals surface area contributed by atoms with Gasteiger partial charge in [0.05, 0.1) is 11.9 Å². The number of amides is 2. The molecule has 2 amide bonds. The first-order valence-electron chi connectivity index (χ1n) is 7.55. The van der Waals surface area contributed by atoms with Gasteiger partial charge in [0.15, 0.2) is 0 Å². The minimum absolute atomic E-state index is 0.0300. The highest BCUT2D eigenvalue weighted by atomic mass is 16.2. The Balaban J connectivity index is 1.73. The number of nitrogens with one attached hydrogen (secondary N) is 2. The van der Waals surface area contributed by atoms with E-state index in [9.17, 15) is 9.59 Å². The number of rotatable bonds is 5. The van der Waals surface area contributed by atoms with E-state index in [2.05, 4.69) is 20.5 Å². The average Bonchev–Trinajstić information content (AvgIpc) is 2.52. The summed E-state index contributed by atoms with van der Waals surface area (Å²) in [5.74, 6) is 0.912. The molecule has 7 heteroatoms. The second-order valence-electron chi connectivity index (χ2n) is 5.49. The number of hydrogen-bond donors (Lipinski definition) is 3. The Morgan fingerprint density at radius 2 is 1.95 bits per heavy atom.